The van der Waals surface area contributed by atoms with E-state index in [1.165, 1.54) is 14.2 Å². The number of nitrogens with two attached hydrogens (primary N) is 1. The number of hydrogen-bond acceptors (Lipinski definition) is 8. The van der Waals surface area contributed by atoms with Crippen molar-refractivity contribution in [1.29, 1.82) is 0 Å². The predicted molar refractivity (Wildman–Crippen MR) is 127 cm³/mol. The van der Waals surface area contributed by atoms with Crippen LogP contribution in [0.3, 0.4) is 0 Å². The molecule has 2 aromatic carbocycles. The number of ether oxygens (including phenoxy) is 4. The molecule has 2 aromatic rings. The van der Waals surface area contributed by atoms with Crippen molar-refractivity contribution in [1.82, 2.24) is 5.43 Å². The van der Waals surface area contributed by atoms with Gasteiger partial charge < -0.3 is 24.7 Å². The van der Waals surface area contributed by atoms with E-state index < -0.39 is 35.2 Å². The number of hydrazone groups is 1. The van der Waals surface area contributed by atoms with Crippen LogP contribution in [-0.2, 0) is 19.1 Å². The molecule has 0 heterocycles. The Labute approximate surface area is 203 Å². The molecule has 35 heavy (non-hydrogen) atoms. The molecule has 186 valence electrons. The predicted octanol–water partition coefficient (Wildman–Crippen LogP) is 2.72. The monoisotopic (exact) mass is 483 g/mol. The zero-order chi connectivity index (χ0) is 25.6. The molecule has 3 rings (SSSR count). The van der Waals surface area contributed by atoms with Crippen LogP contribution < -0.4 is 20.6 Å². The molecule has 10 heteroatoms. The molecule has 1 saturated carbocycles. The molecule has 0 spiro atoms. The SMILES string of the molecule is COC(=O)C1(C(=O)OC)C(c2ccc(OC)cc2)CC(=NNC(N)=O)CC1c1ccc(OC)cc1. The van der Waals surface area contributed by atoms with Crippen molar-refractivity contribution in [2.24, 2.45) is 16.3 Å². The summed E-state index contributed by atoms with van der Waals surface area (Å²) in [7, 11) is 5.56. The van der Waals surface area contributed by atoms with Gasteiger partial charge in [-0.2, -0.15) is 5.10 Å². The van der Waals surface area contributed by atoms with E-state index in [0.29, 0.717) is 28.3 Å². The first-order chi connectivity index (χ1) is 16.8. The lowest BCUT2D eigenvalue weighted by atomic mass is 9.55. The smallest absolute Gasteiger partial charge is 0.332 e. The molecule has 1 aliphatic carbocycles. The lowest BCUT2D eigenvalue weighted by molar-refractivity contribution is -0.174. The highest BCUT2D eigenvalue weighted by Crippen LogP contribution is 2.56. The zero-order valence-electron chi connectivity index (χ0n) is 20.1. The van der Waals surface area contributed by atoms with Crippen molar-refractivity contribution in [2.45, 2.75) is 24.7 Å². The Balaban J connectivity index is 2.29. The Morgan fingerprint density at radius 1 is 0.800 bits per heavy atom. The van der Waals surface area contributed by atoms with Gasteiger partial charge in [-0.3, -0.25) is 9.59 Å². The van der Waals surface area contributed by atoms with Gasteiger partial charge in [-0.15, -0.1) is 0 Å². The average molecular weight is 484 g/mol. The molecule has 0 radical (unpaired) electrons. The summed E-state index contributed by atoms with van der Waals surface area (Å²) in [6.45, 7) is 0. The van der Waals surface area contributed by atoms with Crippen LogP contribution in [0.25, 0.3) is 0 Å². The van der Waals surface area contributed by atoms with Crippen molar-refractivity contribution in [2.75, 3.05) is 28.4 Å². The molecule has 2 amide bonds. The maximum absolute atomic E-state index is 13.6. The van der Waals surface area contributed by atoms with E-state index in [-0.39, 0.29) is 12.8 Å². The minimum atomic E-state index is -1.74. The van der Waals surface area contributed by atoms with E-state index in [9.17, 15) is 14.4 Å². The minimum absolute atomic E-state index is 0.170. The Morgan fingerprint density at radius 2 is 1.20 bits per heavy atom. The van der Waals surface area contributed by atoms with Gasteiger partial charge in [0.25, 0.3) is 0 Å². The number of primary amides is 1. The lowest BCUT2D eigenvalue weighted by Crippen LogP contribution is -2.54. The number of rotatable bonds is 7. The highest BCUT2D eigenvalue weighted by Gasteiger charge is 2.63. The Kier molecular flexibility index (Phi) is 7.95. The molecule has 10 nitrogen and oxygen atoms in total. The van der Waals surface area contributed by atoms with Crippen LogP contribution in [0.1, 0.15) is 35.8 Å². The van der Waals surface area contributed by atoms with E-state index in [0.717, 1.165) is 0 Å². The maximum Gasteiger partial charge on any atom is 0.332 e. The van der Waals surface area contributed by atoms with E-state index in [1.807, 2.05) is 0 Å². The van der Waals surface area contributed by atoms with Gasteiger partial charge in [0.05, 0.1) is 28.4 Å². The highest BCUT2D eigenvalue weighted by molar-refractivity contribution is 6.06. The Morgan fingerprint density at radius 3 is 1.51 bits per heavy atom. The second kappa shape index (κ2) is 10.9. The molecule has 0 bridgehead atoms. The summed E-state index contributed by atoms with van der Waals surface area (Å²) in [5, 5.41) is 4.18. The fourth-order valence-corrected chi connectivity index (χ4v) is 4.77. The van der Waals surface area contributed by atoms with Gasteiger partial charge in [-0.05, 0) is 48.2 Å². The third-order valence-electron chi connectivity index (χ3n) is 6.39. The van der Waals surface area contributed by atoms with Crippen molar-refractivity contribution in [3.8, 4) is 11.5 Å². The van der Waals surface area contributed by atoms with E-state index in [2.05, 4.69) is 10.5 Å². The van der Waals surface area contributed by atoms with Crippen molar-refractivity contribution in [3.05, 3.63) is 59.7 Å². The molecule has 0 aromatic heterocycles. The summed E-state index contributed by atoms with van der Waals surface area (Å²) < 4.78 is 21.0. The number of carbonyl (C=O) groups excluding carboxylic acids is 3. The average Bonchev–Trinajstić information content (AvgIpc) is 2.90. The third-order valence-corrected chi connectivity index (χ3v) is 6.39. The fraction of sp³-hybridized carbons (Fsp3) is 0.360. The summed E-state index contributed by atoms with van der Waals surface area (Å²) in [5.74, 6) is -1.70. The normalized spacial score (nSPS) is 18.7. The fourth-order valence-electron chi connectivity index (χ4n) is 4.77. The molecule has 0 saturated heterocycles. The Hall–Kier alpha value is -4.08. The van der Waals surface area contributed by atoms with Crippen LogP contribution in [0.2, 0.25) is 0 Å². The molecular formula is C25H29N3O7. The van der Waals surface area contributed by atoms with Crippen LogP contribution >= 0.6 is 0 Å². The topological polar surface area (TPSA) is 139 Å². The van der Waals surface area contributed by atoms with Gasteiger partial charge in [0, 0.05) is 17.5 Å². The number of urea groups is 1. The number of amides is 2. The molecule has 2 atom stereocenters. The van der Waals surface area contributed by atoms with E-state index in [4.69, 9.17) is 24.7 Å². The number of benzene rings is 2. The van der Waals surface area contributed by atoms with Crippen molar-refractivity contribution < 1.29 is 33.3 Å². The largest absolute Gasteiger partial charge is 0.497 e. The standard InChI is InChI=1S/C25H29N3O7/c1-32-18-9-5-15(6-10-18)20-13-17(27-28-24(26)31)14-21(16-7-11-19(33-2)12-8-16)25(20,22(29)34-3)23(30)35-4/h5-12,20-21H,13-14H2,1-4H3,(H3,26,28,31). The second-order valence-corrected chi connectivity index (χ2v) is 8.07. The number of nitrogens with one attached hydrogen (secondary N) is 1. The highest BCUT2D eigenvalue weighted by atomic mass is 16.5. The first kappa shape index (κ1) is 25.5. The van der Waals surface area contributed by atoms with Crippen LogP contribution in [0.5, 0.6) is 11.5 Å². The number of hydrogen-bond donors (Lipinski definition) is 2. The molecular weight excluding hydrogens is 454 g/mol. The summed E-state index contributed by atoms with van der Waals surface area (Å²) in [4.78, 5) is 38.5. The van der Waals surface area contributed by atoms with Crippen molar-refractivity contribution in [3.63, 3.8) is 0 Å². The number of methoxy groups -OCH3 is 4. The number of carbonyl (C=O) groups is 3. The molecule has 3 N–H and O–H groups in total. The molecule has 0 aliphatic heterocycles. The third kappa shape index (κ3) is 4.91. The van der Waals surface area contributed by atoms with Crippen LogP contribution in [0.15, 0.2) is 53.6 Å². The first-order valence-corrected chi connectivity index (χ1v) is 10.9. The molecule has 1 fully saturated rings. The van der Waals surface area contributed by atoms with Crippen molar-refractivity contribution >= 4 is 23.7 Å². The summed E-state index contributed by atoms with van der Waals surface area (Å²) in [6, 6.07) is 13.2. The minimum Gasteiger partial charge on any atom is -0.497 e. The van der Waals surface area contributed by atoms with Crippen LogP contribution in [0, 0.1) is 5.41 Å². The second-order valence-electron chi connectivity index (χ2n) is 8.07. The number of esters is 2. The van der Waals surface area contributed by atoms with Gasteiger partial charge >= 0.3 is 18.0 Å². The van der Waals surface area contributed by atoms with Gasteiger partial charge in [0.1, 0.15) is 11.5 Å². The maximum atomic E-state index is 13.6. The summed E-state index contributed by atoms with van der Waals surface area (Å²) >= 11 is 0. The van der Waals surface area contributed by atoms with Gasteiger partial charge in [0.2, 0.25) is 0 Å². The first-order valence-electron chi connectivity index (χ1n) is 10.9. The molecule has 2 unspecified atom stereocenters. The zero-order valence-corrected chi connectivity index (χ0v) is 20.1. The number of nitrogens with zero attached hydrogens (tertiary/aromatic N) is 1. The summed E-state index contributed by atoms with van der Waals surface area (Å²) in [6.07, 6.45) is 0.340. The Bertz CT molecular complexity index is 1020. The van der Waals surface area contributed by atoms with Crippen LogP contribution in [-0.4, -0.2) is 52.1 Å². The van der Waals surface area contributed by atoms with E-state index >= 15 is 0 Å². The van der Waals surface area contributed by atoms with Gasteiger partial charge in [0.15, 0.2) is 5.41 Å². The molecule has 1 aliphatic rings. The summed E-state index contributed by atoms with van der Waals surface area (Å²) in [5.41, 5.74) is 7.65. The van der Waals surface area contributed by atoms with Crippen LogP contribution in [0.4, 0.5) is 4.79 Å². The van der Waals surface area contributed by atoms with Gasteiger partial charge in [-0.25, -0.2) is 10.2 Å². The quantitative estimate of drug-likeness (QED) is 0.351. The lowest BCUT2D eigenvalue weighted by Gasteiger charge is -2.45. The van der Waals surface area contributed by atoms with E-state index in [1.54, 1.807) is 62.8 Å². The van der Waals surface area contributed by atoms with Gasteiger partial charge in [-0.1, -0.05) is 24.3 Å².